The predicted molar refractivity (Wildman–Crippen MR) is 67.9 cm³/mol. The lowest BCUT2D eigenvalue weighted by molar-refractivity contribution is -0.122. The number of halogens is 1. The molecule has 1 aliphatic heterocycles. The number of piperidine rings is 1. The molecular weight excluding hydrogens is 224 g/mol. The van der Waals surface area contributed by atoms with Crippen LogP contribution in [0.2, 0.25) is 0 Å². The average molecular weight is 247 g/mol. The SMILES string of the molecule is CCCC(=O)NC1CCNC2(CCC2)C1.Cl. The third-order valence-electron chi connectivity index (χ3n) is 3.78. The summed E-state index contributed by atoms with van der Waals surface area (Å²) in [5.41, 5.74) is 0.391. The molecule has 1 unspecified atom stereocenters. The highest BCUT2D eigenvalue weighted by atomic mass is 35.5. The molecule has 0 aromatic carbocycles. The first-order valence-electron chi connectivity index (χ1n) is 6.28. The van der Waals surface area contributed by atoms with Gasteiger partial charge in [0.15, 0.2) is 0 Å². The molecule has 1 amide bonds. The lowest BCUT2D eigenvalue weighted by Crippen LogP contribution is -2.59. The molecule has 1 saturated heterocycles. The third kappa shape index (κ3) is 3.11. The van der Waals surface area contributed by atoms with Crippen LogP contribution in [-0.2, 0) is 4.79 Å². The van der Waals surface area contributed by atoms with Crippen LogP contribution in [-0.4, -0.2) is 24.0 Å². The number of carbonyl (C=O) groups is 1. The molecule has 1 heterocycles. The summed E-state index contributed by atoms with van der Waals surface area (Å²) in [6, 6.07) is 0.422. The van der Waals surface area contributed by atoms with Crippen LogP contribution in [0.15, 0.2) is 0 Å². The molecular formula is C12H23ClN2O. The quantitative estimate of drug-likeness (QED) is 0.800. The Bertz CT molecular complexity index is 241. The highest BCUT2D eigenvalue weighted by Crippen LogP contribution is 2.38. The van der Waals surface area contributed by atoms with E-state index in [1.54, 1.807) is 0 Å². The molecule has 1 spiro atoms. The summed E-state index contributed by atoms with van der Waals surface area (Å²) in [7, 11) is 0. The molecule has 0 aromatic heterocycles. The van der Waals surface area contributed by atoms with Gasteiger partial charge < -0.3 is 10.6 Å². The van der Waals surface area contributed by atoms with Crippen LogP contribution >= 0.6 is 12.4 Å². The molecule has 1 aliphatic carbocycles. The van der Waals surface area contributed by atoms with Gasteiger partial charge in [-0.05, 0) is 45.1 Å². The Morgan fingerprint density at radius 1 is 1.50 bits per heavy atom. The zero-order valence-electron chi connectivity index (χ0n) is 10.1. The minimum absolute atomic E-state index is 0. The first-order chi connectivity index (χ1) is 7.24. The maximum absolute atomic E-state index is 11.5. The highest BCUT2D eigenvalue weighted by Gasteiger charge is 2.40. The van der Waals surface area contributed by atoms with Crippen molar-refractivity contribution in [3.05, 3.63) is 0 Å². The summed E-state index contributed by atoms with van der Waals surface area (Å²) in [6.45, 7) is 3.12. The van der Waals surface area contributed by atoms with Gasteiger partial charge in [0.1, 0.15) is 0 Å². The van der Waals surface area contributed by atoms with Gasteiger partial charge in [-0.15, -0.1) is 12.4 Å². The number of hydrogen-bond acceptors (Lipinski definition) is 2. The van der Waals surface area contributed by atoms with Gasteiger partial charge in [-0.1, -0.05) is 6.92 Å². The van der Waals surface area contributed by atoms with Crippen LogP contribution in [0.5, 0.6) is 0 Å². The van der Waals surface area contributed by atoms with Crippen LogP contribution in [0.3, 0.4) is 0 Å². The van der Waals surface area contributed by atoms with Gasteiger partial charge in [0.25, 0.3) is 0 Å². The summed E-state index contributed by atoms with van der Waals surface area (Å²) < 4.78 is 0. The number of hydrogen-bond donors (Lipinski definition) is 2. The number of rotatable bonds is 3. The smallest absolute Gasteiger partial charge is 0.220 e. The van der Waals surface area contributed by atoms with Gasteiger partial charge in [-0.3, -0.25) is 4.79 Å². The van der Waals surface area contributed by atoms with Crippen molar-refractivity contribution >= 4 is 18.3 Å². The van der Waals surface area contributed by atoms with E-state index in [0.717, 1.165) is 25.8 Å². The van der Waals surface area contributed by atoms with E-state index in [-0.39, 0.29) is 18.3 Å². The second-order valence-corrected chi connectivity index (χ2v) is 5.07. The second-order valence-electron chi connectivity index (χ2n) is 5.07. The maximum atomic E-state index is 11.5. The lowest BCUT2D eigenvalue weighted by Gasteiger charge is -2.48. The van der Waals surface area contributed by atoms with Crippen LogP contribution in [0, 0.1) is 0 Å². The Hall–Kier alpha value is -0.280. The topological polar surface area (TPSA) is 41.1 Å². The van der Waals surface area contributed by atoms with Crippen molar-refractivity contribution in [1.29, 1.82) is 0 Å². The normalized spacial score (nSPS) is 26.7. The third-order valence-corrected chi connectivity index (χ3v) is 3.78. The van der Waals surface area contributed by atoms with Crippen LogP contribution < -0.4 is 10.6 Å². The van der Waals surface area contributed by atoms with Crippen LogP contribution in [0.1, 0.15) is 51.9 Å². The fourth-order valence-corrected chi connectivity index (χ4v) is 2.79. The molecule has 1 saturated carbocycles. The number of nitrogens with one attached hydrogen (secondary N) is 2. The molecule has 94 valence electrons. The zero-order chi connectivity index (χ0) is 10.7. The van der Waals surface area contributed by atoms with Gasteiger partial charge in [-0.25, -0.2) is 0 Å². The Morgan fingerprint density at radius 2 is 2.25 bits per heavy atom. The molecule has 0 bridgehead atoms. The van der Waals surface area contributed by atoms with Crippen LogP contribution in [0.25, 0.3) is 0 Å². The molecule has 3 nitrogen and oxygen atoms in total. The molecule has 0 radical (unpaired) electrons. The maximum Gasteiger partial charge on any atom is 0.220 e. The molecule has 1 atom stereocenters. The van der Waals surface area contributed by atoms with E-state index in [0.29, 0.717) is 18.0 Å². The first-order valence-corrected chi connectivity index (χ1v) is 6.28. The predicted octanol–water partition coefficient (Wildman–Crippen LogP) is 2.00. The largest absolute Gasteiger partial charge is 0.353 e. The molecule has 2 N–H and O–H groups in total. The molecule has 0 aromatic rings. The van der Waals surface area contributed by atoms with E-state index in [4.69, 9.17) is 0 Å². The molecule has 2 fully saturated rings. The second kappa shape index (κ2) is 5.87. The molecule has 2 rings (SSSR count). The van der Waals surface area contributed by atoms with Crippen molar-refractivity contribution < 1.29 is 4.79 Å². The minimum Gasteiger partial charge on any atom is -0.353 e. The Morgan fingerprint density at radius 3 is 2.81 bits per heavy atom. The standard InChI is InChI=1S/C12H22N2O.ClH/c1-2-4-11(15)14-10-5-8-13-12(9-10)6-3-7-12;/h10,13H,2-9H2,1H3,(H,14,15);1H. The summed E-state index contributed by atoms with van der Waals surface area (Å²) in [5, 5.41) is 6.78. The zero-order valence-corrected chi connectivity index (χ0v) is 10.9. The van der Waals surface area contributed by atoms with E-state index in [2.05, 4.69) is 17.6 Å². The number of amides is 1. The van der Waals surface area contributed by atoms with Crippen molar-refractivity contribution in [2.75, 3.05) is 6.54 Å². The van der Waals surface area contributed by atoms with E-state index >= 15 is 0 Å². The highest BCUT2D eigenvalue weighted by molar-refractivity contribution is 5.85. The van der Waals surface area contributed by atoms with Gasteiger partial charge in [0, 0.05) is 18.0 Å². The summed E-state index contributed by atoms with van der Waals surface area (Å²) in [6.07, 6.45) is 7.81. The van der Waals surface area contributed by atoms with Crippen molar-refractivity contribution in [3.63, 3.8) is 0 Å². The van der Waals surface area contributed by atoms with Crippen molar-refractivity contribution in [2.45, 2.75) is 63.5 Å². The lowest BCUT2D eigenvalue weighted by atomic mass is 9.70. The van der Waals surface area contributed by atoms with E-state index in [9.17, 15) is 4.79 Å². The van der Waals surface area contributed by atoms with E-state index in [1.807, 2.05) is 0 Å². The minimum atomic E-state index is 0. The monoisotopic (exact) mass is 246 g/mol. The molecule has 16 heavy (non-hydrogen) atoms. The molecule has 4 heteroatoms. The molecule has 2 aliphatic rings. The fourth-order valence-electron chi connectivity index (χ4n) is 2.79. The number of carbonyl (C=O) groups excluding carboxylic acids is 1. The van der Waals surface area contributed by atoms with Gasteiger partial charge in [-0.2, -0.15) is 0 Å². The van der Waals surface area contributed by atoms with Crippen molar-refractivity contribution in [3.8, 4) is 0 Å². The van der Waals surface area contributed by atoms with Gasteiger partial charge in [0.2, 0.25) is 5.91 Å². The van der Waals surface area contributed by atoms with E-state index < -0.39 is 0 Å². The Balaban J connectivity index is 0.00000128. The van der Waals surface area contributed by atoms with Crippen molar-refractivity contribution in [2.24, 2.45) is 0 Å². The average Bonchev–Trinajstić information content (AvgIpc) is 2.16. The first kappa shape index (κ1) is 13.8. The fraction of sp³-hybridized carbons (Fsp3) is 0.917. The van der Waals surface area contributed by atoms with Crippen LogP contribution in [0.4, 0.5) is 0 Å². The Labute approximate surface area is 104 Å². The Kier molecular flexibility index (Phi) is 5.06. The summed E-state index contributed by atoms with van der Waals surface area (Å²) in [4.78, 5) is 11.5. The van der Waals surface area contributed by atoms with E-state index in [1.165, 1.54) is 19.3 Å². The summed E-state index contributed by atoms with van der Waals surface area (Å²) in [5.74, 6) is 0.235. The van der Waals surface area contributed by atoms with Gasteiger partial charge in [0.05, 0.1) is 0 Å². The summed E-state index contributed by atoms with van der Waals surface area (Å²) >= 11 is 0. The van der Waals surface area contributed by atoms with Crippen molar-refractivity contribution in [1.82, 2.24) is 10.6 Å². The van der Waals surface area contributed by atoms with Gasteiger partial charge >= 0.3 is 0 Å².